The SMILES string of the molecule is CN(C(=O)[C@@H]1C(C(=O)O)C2(C(=O)Nc3c(Cl)cccc32)N2CC(F)(F)C[C@H]12)c1cc(Cl)cc(Cl)c1. The zero-order valence-corrected chi connectivity index (χ0v) is 20.3. The third-order valence-electron chi connectivity index (χ3n) is 7.11. The number of carbonyl (C=O) groups is 3. The largest absolute Gasteiger partial charge is 0.481 e. The summed E-state index contributed by atoms with van der Waals surface area (Å²) < 4.78 is 29.5. The van der Waals surface area contributed by atoms with E-state index in [4.69, 9.17) is 34.8 Å². The number of rotatable bonds is 3. The number of aliphatic carboxylic acids is 1. The van der Waals surface area contributed by atoms with E-state index in [1.54, 1.807) is 0 Å². The number of carbonyl (C=O) groups excluding carboxylic acids is 2. The van der Waals surface area contributed by atoms with E-state index < -0.39 is 60.1 Å². The number of para-hydroxylation sites is 1. The number of carboxylic acid groups (broad SMARTS) is 1. The van der Waals surface area contributed by atoms with Gasteiger partial charge in [-0.15, -0.1) is 0 Å². The van der Waals surface area contributed by atoms with Crippen LogP contribution in [-0.2, 0) is 19.9 Å². The van der Waals surface area contributed by atoms with Gasteiger partial charge in [-0.2, -0.15) is 0 Å². The first-order chi connectivity index (χ1) is 16.4. The van der Waals surface area contributed by atoms with Crippen molar-refractivity contribution in [3.63, 3.8) is 0 Å². The molecule has 2 saturated heterocycles. The monoisotopic (exact) mass is 543 g/mol. The third kappa shape index (κ3) is 3.43. The number of nitrogens with one attached hydrogen (secondary N) is 1. The van der Waals surface area contributed by atoms with Crippen molar-refractivity contribution < 1.29 is 28.3 Å². The fraction of sp³-hybridized carbons (Fsp3) is 0.348. The second-order valence-electron chi connectivity index (χ2n) is 9.00. The minimum atomic E-state index is -3.24. The van der Waals surface area contributed by atoms with Crippen molar-refractivity contribution in [1.82, 2.24) is 4.90 Å². The van der Waals surface area contributed by atoms with Gasteiger partial charge in [-0.3, -0.25) is 19.3 Å². The minimum Gasteiger partial charge on any atom is -0.481 e. The molecule has 0 aromatic heterocycles. The molecule has 2 aromatic carbocycles. The molecule has 35 heavy (non-hydrogen) atoms. The van der Waals surface area contributed by atoms with Crippen molar-refractivity contribution in [2.45, 2.75) is 23.9 Å². The number of amides is 2. The van der Waals surface area contributed by atoms with Crippen molar-refractivity contribution in [3.05, 3.63) is 57.0 Å². The summed E-state index contributed by atoms with van der Waals surface area (Å²) in [5.74, 6) is -9.38. The van der Waals surface area contributed by atoms with Crippen LogP contribution in [0.3, 0.4) is 0 Å². The maximum atomic E-state index is 14.8. The van der Waals surface area contributed by atoms with Gasteiger partial charge in [-0.05, 0) is 24.3 Å². The quantitative estimate of drug-likeness (QED) is 0.594. The Labute approximate surface area is 213 Å². The van der Waals surface area contributed by atoms with Gasteiger partial charge in [0.05, 0.1) is 23.2 Å². The lowest BCUT2D eigenvalue weighted by molar-refractivity contribution is -0.153. The van der Waals surface area contributed by atoms with E-state index in [1.165, 1.54) is 48.3 Å². The van der Waals surface area contributed by atoms with E-state index in [0.717, 1.165) is 4.90 Å². The molecule has 184 valence electrons. The number of alkyl halides is 2. The Bertz CT molecular complexity index is 1270. The molecular formula is C23H18Cl3F2N3O4. The van der Waals surface area contributed by atoms with Crippen LogP contribution in [0.25, 0.3) is 0 Å². The molecule has 4 atom stereocenters. The van der Waals surface area contributed by atoms with Gasteiger partial charge < -0.3 is 15.3 Å². The molecule has 2 unspecified atom stereocenters. The molecule has 7 nitrogen and oxygen atoms in total. The van der Waals surface area contributed by atoms with Gasteiger partial charge >= 0.3 is 5.97 Å². The number of anilines is 2. The molecule has 3 aliphatic rings. The maximum Gasteiger partial charge on any atom is 0.310 e. The summed E-state index contributed by atoms with van der Waals surface area (Å²) in [7, 11) is 1.38. The van der Waals surface area contributed by atoms with E-state index in [0.29, 0.717) is 0 Å². The summed E-state index contributed by atoms with van der Waals surface area (Å²) >= 11 is 18.4. The van der Waals surface area contributed by atoms with Gasteiger partial charge in [-0.1, -0.05) is 46.9 Å². The summed E-state index contributed by atoms with van der Waals surface area (Å²) in [4.78, 5) is 42.3. The van der Waals surface area contributed by atoms with Gasteiger partial charge in [-0.25, -0.2) is 8.78 Å². The number of fused-ring (bicyclic) bond motifs is 4. The predicted molar refractivity (Wildman–Crippen MR) is 126 cm³/mol. The molecule has 2 aromatic rings. The van der Waals surface area contributed by atoms with Crippen molar-refractivity contribution in [2.24, 2.45) is 11.8 Å². The smallest absolute Gasteiger partial charge is 0.310 e. The third-order valence-corrected chi connectivity index (χ3v) is 7.86. The lowest BCUT2D eigenvalue weighted by atomic mass is 9.73. The first-order valence-electron chi connectivity index (χ1n) is 10.6. The van der Waals surface area contributed by atoms with Gasteiger partial charge in [0.15, 0.2) is 0 Å². The number of hydrogen-bond donors (Lipinski definition) is 2. The Kier molecular flexibility index (Phi) is 5.56. The number of carboxylic acids is 1. The van der Waals surface area contributed by atoms with Gasteiger partial charge in [0.2, 0.25) is 5.91 Å². The van der Waals surface area contributed by atoms with Gasteiger partial charge in [0, 0.05) is 40.8 Å². The standard InChI is InChI=1S/C23H18Cl3F2N3O4/c1-30(12-6-10(24)5-11(25)7-12)19(32)16-15-8-22(27,28)9-31(15)23(17(16)20(33)34)13-3-2-4-14(26)18(13)29-21(23)35/h2-7,15-17H,8-9H2,1H3,(H,29,35)(H,33,34)/t15-,16+,17?,23?/m1/s1. The van der Waals surface area contributed by atoms with Crippen LogP contribution in [0.2, 0.25) is 15.1 Å². The van der Waals surface area contributed by atoms with Crippen molar-refractivity contribution >= 4 is 64.0 Å². The molecule has 2 fully saturated rings. The number of halogens is 5. The molecule has 2 amide bonds. The predicted octanol–water partition coefficient (Wildman–Crippen LogP) is 4.50. The van der Waals surface area contributed by atoms with Crippen LogP contribution in [0, 0.1) is 11.8 Å². The molecule has 0 bridgehead atoms. The summed E-state index contributed by atoms with van der Waals surface area (Å²) in [5.41, 5.74) is -1.46. The molecule has 0 radical (unpaired) electrons. The Hall–Kier alpha value is -2.46. The molecule has 0 aliphatic carbocycles. The second-order valence-corrected chi connectivity index (χ2v) is 10.3. The highest BCUT2D eigenvalue weighted by molar-refractivity contribution is 6.35. The number of benzene rings is 2. The highest BCUT2D eigenvalue weighted by Crippen LogP contribution is 2.60. The molecular weight excluding hydrogens is 527 g/mol. The molecule has 3 heterocycles. The van der Waals surface area contributed by atoms with Crippen molar-refractivity contribution in [1.29, 1.82) is 0 Å². The zero-order valence-electron chi connectivity index (χ0n) is 18.1. The Morgan fingerprint density at radius 2 is 1.83 bits per heavy atom. The van der Waals surface area contributed by atoms with Crippen LogP contribution >= 0.6 is 34.8 Å². The lowest BCUT2D eigenvalue weighted by Gasteiger charge is -2.35. The Morgan fingerprint density at radius 3 is 2.46 bits per heavy atom. The van der Waals surface area contributed by atoms with E-state index >= 15 is 0 Å². The normalized spacial score (nSPS) is 28.6. The topological polar surface area (TPSA) is 90.0 Å². The first kappa shape index (κ1) is 24.2. The van der Waals surface area contributed by atoms with Crippen LogP contribution < -0.4 is 10.2 Å². The Balaban J connectivity index is 1.69. The van der Waals surface area contributed by atoms with Crippen LogP contribution in [0.1, 0.15) is 12.0 Å². The van der Waals surface area contributed by atoms with Crippen LogP contribution in [-0.4, -0.2) is 53.3 Å². The molecule has 12 heteroatoms. The average molecular weight is 545 g/mol. The number of hydrogen-bond acceptors (Lipinski definition) is 4. The minimum absolute atomic E-state index is 0.139. The van der Waals surface area contributed by atoms with Crippen LogP contribution in [0.5, 0.6) is 0 Å². The number of nitrogens with zero attached hydrogens (tertiary/aromatic N) is 2. The van der Waals surface area contributed by atoms with Crippen LogP contribution in [0.15, 0.2) is 36.4 Å². The summed E-state index contributed by atoms with van der Waals surface area (Å²) in [6, 6.07) is 7.63. The summed E-state index contributed by atoms with van der Waals surface area (Å²) in [6.45, 7) is -0.878. The fourth-order valence-electron chi connectivity index (χ4n) is 5.83. The average Bonchev–Trinajstić information content (AvgIpc) is 3.33. The van der Waals surface area contributed by atoms with E-state index in [-0.39, 0.29) is 32.0 Å². The maximum absolute atomic E-state index is 14.8. The molecule has 0 saturated carbocycles. The zero-order chi connectivity index (χ0) is 25.4. The first-order valence-corrected chi connectivity index (χ1v) is 11.7. The fourth-order valence-corrected chi connectivity index (χ4v) is 6.57. The van der Waals surface area contributed by atoms with Crippen LogP contribution in [0.4, 0.5) is 20.2 Å². The van der Waals surface area contributed by atoms with Crippen molar-refractivity contribution in [3.8, 4) is 0 Å². The molecule has 3 aliphatic heterocycles. The van der Waals surface area contributed by atoms with Crippen molar-refractivity contribution in [2.75, 3.05) is 23.8 Å². The van der Waals surface area contributed by atoms with Gasteiger partial charge in [0.1, 0.15) is 11.5 Å². The Morgan fingerprint density at radius 1 is 1.17 bits per heavy atom. The van der Waals surface area contributed by atoms with Gasteiger partial charge in [0.25, 0.3) is 11.8 Å². The lowest BCUT2D eigenvalue weighted by Crippen LogP contribution is -2.54. The van der Waals surface area contributed by atoms with E-state index in [2.05, 4.69) is 5.32 Å². The molecule has 5 rings (SSSR count). The summed E-state index contributed by atoms with van der Waals surface area (Å²) in [6.07, 6.45) is -0.776. The summed E-state index contributed by atoms with van der Waals surface area (Å²) in [5, 5.41) is 13.5. The highest BCUT2D eigenvalue weighted by atomic mass is 35.5. The molecule has 2 N–H and O–H groups in total. The second kappa shape index (κ2) is 8.03. The van der Waals surface area contributed by atoms with E-state index in [9.17, 15) is 28.3 Å². The highest BCUT2D eigenvalue weighted by Gasteiger charge is 2.74. The molecule has 1 spiro atoms. The van der Waals surface area contributed by atoms with E-state index in [1.807, 2.05) is 0 Å².